The Hall–Kier alpha value is -3.83. The molecule has 9 heteroatoms. The molecule has 1 heterocycles. The number of nitrogens with one attached hydrogen (secondary N) is 1. The van der Waals surface area contributed by atoms with Crippen LogP contribution in [-0.4, -0.2) is 10.8 Å². The van der Waals surface area contributed by atoms with Crippen LogP contribution in [0, 0.1) is 28.4 Å². The fourth-order valence-corrected chi connectivity index (χ4v) is 2.59. The third kappa shape index (κ3) is 4.72. The average molecular weight is 412 g/mol. The number of aryl methyl sites for hydroxylation is 1. The summed E-state index contributed by atoms with van der Waals surface area (Å²) in [6, 6.07) is 13.7. The summed E-state index contributed by atoms with van der Waals surface area (Å²) in [5.41, 5.74) is 0.754. The van der Waals surface area contributed by atoms with Gasteiger partial charge in [0.2, 0.25) is 0 Å². The highest BCUT2D eigenvalue weighted by Crippen LogP contribution is 2.24. The third-order valence-electron chi connectivity index (χ3n) is 3.98. The average Bonchev–Trinajstić information content (AvgIpc) is 3.18. The van der Waals surface area contributed by atoms with Crippen LogP contribution in [0.5, 0.6) is 5.75 Å². The minimum absolute atomic E-state index is 0.0122. The van der Waals surface area contributed by atoms with E-state index in [1.54, 1.807) is 24.3 Å². The number of non-ortho nitro benzene ring substituents is 1. The number of nitriles is 1. The number of hydrogen-bond donors (Lipinski definition) is 1. The number of furan rings is 1. The summed E-state index contributed by atoms with van der Waals surface area (Å²) in [6.07, 6.45) is 0. The molecule has 0 radical (unpaired) electrons. The summed E-state index contributed by atoms with van der Waals surface area (Å²) in [4.78, 5) is 22.6. The van der Waals surface area contributed by atoms with Gasteiger partial charge in [-0.3, -0.25) is 14.9 Å². The summed E-state index contributed by atoms with van der Waals surface area (Å²) in [5.74, 6) is 0.452. The van der Waals surface area contributed by atoms with E-state index in [0.29, 0.717) is 16.5 Å². The monoisotopic (exact) mass is 411 g/mol. The lowest BCUT2D eigenvalue weighted by molar-refractivity contribution is -0.384. The predicted octanol–water partition coefficient (Wildman–Crippen LogP) is 4.85. The van der Waals surface area contributed by atoms with Gasteiger partial charge in [0.05, 0.1) is 16.2 Å². The van der Waals surface area contributed by atoms with Crippen molar-refractivity contribution in [2.45, 2.75) is 13.5 Å². The van der Waals surface area contributed by atoms with Crippen LogP contribution in [0.3, 0.4) is 0 Å². The van der Waals surface area contributed by atoms with Crippen molar-refractivity contribution in [1.29, 1.82) is 5.26 Å². The first kappa shape index (κ1) is 19.9. The maximum Gasteiger partial charge on any atom is 0.291 e. The van der Waals surface area contributed by atoms with Crippen molar-refractivity contribution in [3.8, 4) is 11.8 Å². The molecule has 0 aliphatic heterocycles. The number of ether oxygens (including phenoxy) is 1. The highest BCUT2D eigenvalue weighted by atomic mass is 35.5. The van der Waals surface area contributed by atoms with E-state index in [0.717, 1.165) is 11.6 Å². The SMILES string of the molecule is Cc1cc(OCc2ccc(C(=O)Nc3ccc([N+](=O)[O-])cc3C#N)o2)ccc1Cl. The molecule has 8 nitrogen and oxygen atoms in total. The van der Waals surface area contributed by atoms with Crippen molar-refractivity contribution in [3.63, 3.8) is 0 Å². The van der Waals surface area contributed by atoms with E-state index in [9.17, 15) is 14.9 Å². The molecule has 3 aromatic rings. The van der Waals surface area contributed by atoms with E-state index in [2.05, 4.69) is 5.32 Å². The van der Waals surface area contributed by atoms with Crippen molar-refractivity contribution < 1.29 is 18.9 Å². The summed E-state index contributed by atoms with van der Waals surface area (Å²) in [5, 5.41) is 23.1. The number of nitro benzene ring substituents is 1. The molecule has 3 rings (SSSR count). The highest BCUT2D eigenvalue weighted by molar-refractivity contribution is 6.31. The lowest BCUT2D eigenvalue weighted by Gasteiger charge is -2.06. The van der Waals surface area contributed by atoms with Gasteiger partial charge in [-0.05, 0) is 48.9 Å². The molecule has 146 valence electrons. The van der Waals surface area contributed by atoms with Crippen molar-refractivity contribution in [1.82, 2.24) is 0 Å². The quantitative estimate of drug-likeness (QED) is 0.457. The van der Waals surface area contributed by atoms with Gasteiger partial charge in [0.1, 0.15) is 24.2 Å². The number of anilines is 1. The first-order valence-corrected chi connectivity index (χ1v) is 8.72. The molecule has 29 heavy (non-hydrogen) atoms. The largest absolute Gasteiger partial charge is 0.486 e. The predicted molar refractivity (Wildman–Crippen MR) is 105 cm³/mol. The maximum atomic E-state index is 12.4. The number of benzene rings is 2. The van der Waals surface area contributed by atoms with Gasteiger partial charge in [-0.25, -0.2) is 0 Å². The van der Waals surface area contributed by atoms with Crippen molar-refractivity contribution in [2.24, 2.45) is 0 Å². The number of halogens is 1. The molecule has 1 amide bonds. The second-order valence-electron chi connectivity index (χ2n) is 6.02. The normalized spacial score (nSPS) is 10.2. The van der Waals surface area contributed by atoms with E-state index in [-0.39, 0.29) is 29.3 Å². The van der Waals surface area contributed by atoms with Crippen molar-refractivity contribution >= 4 is 28.9 Å². The van der Waals surface area contributed by atoms with Crippen molar-refractivity contribution in [2.75, 3.05) is 5.32 Å². The summed E-state index contributed by atoms with van der Waals surface area (Å²) >= 11 is 5.98. The Morgan fingerprint density at radius 3 is 2.76 bits per heavy atom. The Kier molecular flexibility index (Phi) is 5.81. The minimum Gasteiger partial charge on any atom is -0.486 e. The molecule has 0 atom stereocenters. The number of rotatable bonds is 6. The topological polar surface area (TPSA) is 118 Å². The zero-order chi connectivity index (χ0) is 21.0. The van der Waals surface area contributed by atoms with E-state index in [1.807, 2.05) is 13.0 Å². The summed E-state index contributed by atoms with van der Waals surface area (Å²) in [7, 11) is 0. The number of hydrogen-bond acceptors (Lipinski definition) is 6. The van der Waals surface area contributed by atoms with Crippen LogP contribution in [0.15, 0.2) is 52.9 Å². The van der Waals surface area contributed by atoms with Crippen LogP contribution in [0.1, 0.15) is 27.4 Å². The van der Waals surface area contributed by atoms with Crippen LogP contribution >= 0.6 is 11.6 Å². The Morgan fingerprint density at radius 2 is 2.07 bits per heavy atom. The Labute approximate surface area is 170 Å². The van der Waals surface area contributed by atoms with E-state index < -0.39 is 10.8 Å². The van der Waals surface area contributed by atoms with E-state index in [4.69, 9.17) is 26.0 Å². The highest BCUT2D eigenvalue weighted by Gasteiger charge is 2.16. The second-order valence-corrected chi connectivity index (χ2v) is 6.43. The number of carbonyl (C=O) groups excluding carboxylic acids is 1. The van der Waals surface area contributed by atoms with E-state index >= 15 is 0 Å². The minimum atomic E-state index is -0.618. The van der Waals surface area contributed by atoms with Gasteiger partial charge < -0.3 is 14.5 Å². The lowest BCUT2D eigenvalue weighted by atomic mass is 10.1. The summed E-state index contributed by atoms with van der Waals surface area (Å²) < 4.78 is 11.1. The number of amides is 1. The zero-order valence-corrected chi connectivity index (χ0v) is 15.9. The smallest absolute Gasteiger partial charge is 0.291 e. The summed E-state index contributed by atoms with van der Waals surface area (Å²) in [6.45, 7) is 1.97. The Bertz CT molecular complexity index is 1130. The Morgan fingerprint density at radius 1 is 1.28 bits per heavy atom. The molecule has 0 aliphatic carbocycles. The second kappa shape index (κ2) is 8.46. The molecule has 1 N–H and O–H groups in total. The van der Waals surface area contributed by atoms with Gasteiger partial charge in [-0.1, -0.05) is 11.6 Å². The van der Waals surface area contributed by atoms with Crippen LogP contribution in [0.2, 0.25) is 5.02 Å². The van der Waals surface area contributed by atoms with Gasteiger partial charge in [0.15, 0.2) is 5.76 Å². The molecule has 0 unspecified atom stereocenters. The first-order valence-electron chi connectivity index (χ1n) is 8.35. The van der Waals surface area contributed by atoms with Gasteiger partial charge in [-0.2, -0.15) is 5.26 Å². The molecule has 0 spiro atoms. The fourth-order valence-electron chi connectivity index (χ4n) is 2.47. The molecule has 0 aliphatic rings. The maximum absolute atomic E-state index is 12.4. The van der Waals surface area contributed by atoms with Crippen LogP contribution < -0.4 is 10.1 Å². The Balaban J connectivity index is 1.67. The van der Waals surface area contributed by atoms with Gasteiger partial charge in [0, 0.05) is 17.2 Å². The van der Waals surface area contributed by atoms with Gasteiger partial charge >= 0.3 is 0 Å². The molecule has 0 saturated heterocycles. The first-order chi connectivity index (χ1) is 13.9. The molecule has 2 aromatic carbocycles. The van der Waals surface area contributed by atoms with Crippen LogP contribution in [0.25, 0.3) is 0 Å². The molecular weight excluding hydrogens is 398 g/mol. The number of carbonyl (C=O) groups is 1. The van der Waals surface area contributed by atoms with Gasteiger partial charge in [-0.15, -0.1) is 0 Å². The van der Waals surface area contributed by atoms with Crippen molar-refractivity contribution in [3.05, 3.63) is 86.3 Å². The lowest BCUT2D eigenvalue weighted by Crippen LogP contribution is -2.12. The standard InChI is InChI=1S/C20H14ClN3O5/c1-12-8-15(3-5-17(12)21)28-11-16-4-7-19(29-16)20(25)23-18-6-2-14(24(26)27)9-13(18)10-22/h2-9H,11H2,1H3,(H,23,25). The van der Waals surface area contributed by atoms with Gasteiger partial charge in [0.25, 0.3) is 11.6 Å². The number of nitrogens with zero attached hydrogens (tertiary/aromatic N) is 2. The molecule has 1 aromatic heterocycles. The molecular formula is C20H14ClN3O5. The molecule has 0 bridgehead atoms. The van der Waals surface area contributed by atoms with Crippen LogP contribution in [-0.2, 0) is 6.61 Å². The number of nitro groups is 1. The molecule has 0 fully saturated rings. The third-order valence-corrected chi connectivity index (χ3v) is 4.40. The molecule has 0 saturated carbocycles. The fraction of sp³-hybridized carbons (Fsp3) is 0.100. The van der Waals surface area contributed by atoms with Crippen LogP contribution in [0.4, 0.5) is 11.4 Å². The zero-order valence-electron chi connectivity index (χ0n) is 15.1. The van der Waals surface area contributed by atoms with E-state index in [1.165, 1.54) is 18.2 Å².